The van der Waals surface area contributed by atoms with Gasteiger partial charge in [-0.25, -0.2) is 0 Å². The van der Waals surface area contributed by atoms with Crippen molar-refractivity contribution < 1.29 is 24.3 Å². The fourth-order valence-corrected chi connectivity index (χ4v) is 5.99. The van der Waals surface area contributed by atoms with Crippen LogP contribution in [0, 0.1) is 0 Å². The number of allylic oxidation sites excluding steroid dienone is 1. The van der Waals surface area contributed by atoms with E-state index in [0.717, 1.165) is 29.5 Å². The zero-order valence-corrected chi connectivity index (χ0v) is 27.3. The molecule has 8 N–H and O–H groups in total. The molecule has 0 fully saturated rings. The number of phenolic OH excluding ortho intramolecular Hbond substituents is 1. The first-order valence-corrected chi connectivity index (χ1v) is 16.6. The number of nitrogens with zero attached hydrogens (tertiary/aromatic N) is 1. The van der Waals surface area contributed by atoms with Gasteiger partial charge < -0.3 is 37.1 Å². The Morgan fingerprint density at radius 3 is 2.51 bits per heavy atom. The summed E-state index contributed by atoms with van der Waals surface area (Å²) in [6.45, 7) is 0.303. The van der Waals surface area contributed by atoms with Crippen molar-refractivity contribution in [3.8, 4) is 5.75 Å². The summed E-state index contributed by atoms with van der Waals surface area (Å²) in [4.78, 5) is 59.7. The summed E-state index contributed by atoms with van der Waals surface area (Å²) in [6, 6.07) is 12.7. The number of carbonyl (C=O) groups excluding carboxylic acids is 4. The van der Waals surface area contributed by atoms with Crippen molar-refractivity contribution in [2.45, 2.75) is 57.0 Å². The van der Waals surface area contributed by atoms with E-state index in [1.54, 1.807) is 48.9 Å². The van der Waals surface area contributed by atoms with Gasteiger partial charge >= 0.3 is 0 Å². The van der Waals surface area contributed by atoms with E-state index in [4.69, 9.17) is 5.73 Å². The zero-order valence-electron chi connectivity index (χ0n) is 27.3. The van der Waals surface area contributed by atoms with Crippen LogP contribution >= 0.6 is 0 Å². The van der Waals surface area contributed by atoms with E-state index in [1.165, 1.54) is 11.1 Å². The van der Waals surface area contributed by atoms with Gasteiger partial charge in [0.05, 0.1) is 6.54 Å². The van der Waals surface area contributed by atoms with Crippen LogP contribution in [0.1, 0.15) is 47.1 Å². The van der Waals surface area contributed by atoms with E-state index >= 15 is 0 Å². The predicted molar refractivity (Wildman–Crippen MR) is 187 cm³/mol. The molecule has 12 nitrogen and oxygen atoms in total. The van der Waals surface area contributed by atoms with Crippen molar-refractivity contribution in [3.63, 3.8) is 0 Å². The molecule has 5 rings (SSSR count). The van der Waals surface area contributed by atoms with Crippen molar-refractivity contribution >= 4 is 40.6 Å². The molecule has 0 bridgehead atoms. The van der Waals surface area contributed by atoms with Gasteiger partial charge in [-0.15, -0.1) is 0 Å². The van der Waals surface area contributed by atoms with Crippen molar-refractivity contribution in [1.29, 1.82) is 0 Å². The van der Waals surface area contributed by atoms with Crippen molar-refractivity contribution in [3.05, 3.63) is 101 Å². The standard InChI is InChI=1S/C37H43N7O5/c38-15-4-9-34(46)43-33(20-27-22-41-31-11-10-28(45)21-30(27)31)37(49)42-23-35(47)44-32(19-24-12-16-39-17-13-24)36(48)40-18-14-26-7-3-6-25-5-1-2-8-29(25)26/h2-3,6-8,10-13,16-17,21-22,32-33,41,45H,1,4-5,9,14-15,18-20,23,38H2,(H,40,48)(H,42,49)(H,43,46)(H,44,47)/t32-,33-/m0/s1. The van der Waals surface area contributed by atoms with Crippen LogP contribution in [0.3, 0.4) is 0 Å². The third-order valence-electron chi connectivity index (χ3n) is 8.54. The molecule has 0 unspecified atom stereocenters. The molecule has 0 radical (unpaired) electrons. The number of nitrogens with two attached hydrogens (primary N) is 1. The molecule has 4 aromatic rings. The van der Waals surface area contributed by atoms with Crippen LogP contribution in [0.25, 0.3) is 17.0 Å². The zero-order chi connectivity index (χ0) is 34.6. The average molecular weight is 666 g/mol. The fourth-order valence-electron chi connectivity index (χ4n) is 5.99. The summed E-state index contributed by atoms with van der Waals surface area (Å²) in [5.41, 5.74) is 11.5. The third-order valence-corrected chi connectivity index (χ3v) is 8.54. The van der Waals surface area contributed by atoms with E-state index < -0.39 is 30.4 Å². The van der Waals surface area contributed by atoms with Crippen LogP contribution in [0.2, 0.25) is 0 Å². The molecule has 2 aromatic heterocycles. The summed E-state index contributed by atoms with van der Waals surface area (Å²) in [5.74, 6) is -1.75. The quantitative estimate of drug-likeness (QED) is 0.0954. The van der Waals surface area contributed by atoms with Gasteiger partial charge in [0, 0.05) is 55.3 Å². The maximum atomic E-state index is 13.4. The second-order valence-corrected chi connectivity index (χ2v) is 12.1. The first-order chi connectivity index (χ1) is 23.8. The van der Waals surface area contributed by atoms with Crippen LogP contribution in [0.5, 0.6) is 5.75 Å². The monoisotopic (exact) mass is 665 g/mol. The lowest BCUT2D eigenvalue weighted by atomic mass is 9.92. The summed E-state index contributed by atoms with van der Waals surface area (Å²) in [5, 5.41) is 21.8. The molecule has 2 aromatic carbocycles. The first kappa shape index (κ1) is 34.8. The molecule has 2 atom stereocenters. The average Bonchev–Trinajstić information content (AvgIpc) is 3.50. The van der Waals surface area contributed by atoms with Gasteiger partial charge in [0.25, 0.3) is 0 Å². The van der Waals surface area contributed by atoms with Crippen molar-refractivity contribution in [1.82, 2.24) is 31.2 Å². The number of H-pyrrole nitrogens is 1. The summed E-state index contributed by atoms with van der Waals surface area (Å²) in [6.07, 6.45) is 12.8. The number of hydrogen-bond acceptors (Lipinski definition) is 7. The number of amides is 4. The maximum absolute atomic E-state index is 13.4. The maximum Gasteiger partial charge on any atom is 0.243 e. The Kier molecular flexibility index (Phi) is 12.1. The molecular formula is C37H43N7O5. The van der Waals surface area contributed by atoms with E-state index in [1.807, 2.05) is 6.07 Å². The van der Waals surface area contributed by atoms with Crippen LogP contribution < -0.4 is 27.0 Å². The lowest BCUT2D eigenvalue weighted by molar-refractivity contribution is -0.131. The minimum Gasteiger partial charge on any atom is -0.508 e. The lowest BCUT2D eigenvalue weighted by Crippen LogP contribution is -2.53. The first-order valence-electron chi connectivity index (χ1n) is 16.6. The Bertz CT molecular complexity index is 1800. The fraction of sp³-hybridized carbons (Fsp3) is 0.324. The van der Waals surface area contributed by atoms with Crippen molar-refractivity contribution in [2.24, 2.45) is 5.73 Å². The van der Waals surface area contributed by atoms with Crippen molar-refractivity contribution in [2.75, 3.05) is 19.6 Å². The second kappa shape index (κ2) is 17.1. The molecule has 1 aliphatic rings. The number of aromatic nitrogens is 2. The lowest BCUT2D eigenvalue weighted by Gasteiger charge is -2.21. The molecule has 0 saturated carbocycles. The van der Waals surface area contributed by atoms with Gasteiger partial charge in [0.1, 0.15) is 17.8 Å². The number of fused-ring (bicyclic) bond motifs is 2. The summed E-state index contributed by atoms with van der Waals surface area (Å²) >= 11 is 0. The van der Waals surface area contributed by atoms with Gasteiger partial charge in [-0.2, -0.15) is 0 Å². The Morgan fingerprint density at radius 1 is 0.918 bits per heavy atom. The van der Waals surface area contributed by atoms with Gasteiger partial charge in [-0.1, -0.05) is 30.4 Å². The SMILES string of the molecule is NCCCC(=O)N[C@@H](Cc1c[nH]c2ccc(O)cc12)C(=O)NCC(=O)N[C@@H](Cc1ccncc1)C(=O)NCCc1cccc2c1C=CCC2. The van der Waals surface area contributed by atoms with Crippen LogP contribution in [0.4, 0.5) is 0 Å². The smallest absolute Gasteiger partial charge is 0.243 e. The molecule has 0 saturated heterocycles. The van der Waals surface area contributed by atoms with E-state index in [9.17, 15) is 24.3 Å². The molecule has 49 heavy (non-hydrogen) atoms. The molecule has 2 heterocycles. The Balaban J connectivity index is 1.21. The highest BCUT2D eigenvalue weighted by atomic mass is 16.3. The van der Waals surface area contributed by atoms with E-state index in [-0.39, 0.29) is 36.8 Å². The molecule has 1 aliphatic carbocycles. The number of aromatic hydroxyl groups is 1. The Labute approximate surface area is 285 Å². The Morgan fingerprint density at radius 2 is 1.69 bits per heavy atom. The highest BCUT2D eigenvalue weighted by molar-refractivity contribution is 5.93. The van der Waals surface area contributed by atoms with E-state index in [2.05, 4.69) is 55.5 Å². The second-order valence-electron chi connectivity index (χ2n) is 12.1. The molecular weight excluding hydrogens is 622 g/mol. The molecule has 12 heteroatoms. The number of phenols is 1. The predicted octanol–water partition coefficient (Wildman–Crippen LogP) is 2.20. The number of carbonyl (C=O) groups is 4. The molecule has 0 aliphatic heterocycles. The number of hydrogen-bond donors (Lipinski definition) is 7. The van der Waals surface area contributed by atoms with Gasteiger partial charge in [-0.05, 0) is 90.4 Å². The van der Waals surface area contributed by atoms with Crippen LogP contribution in [-0.2, 0) is 44.9 Å². The van der Waals surface area contributed by atoms with Crippen LogP contribution in [-0.4, -0.2) is 70.4 Å². The highest BCUT2D eigenvalue weighted by Gasteiger charge is 2.25. The van der Waals surface area contributed by atoms with Gasteiger partial charge in [-0.3, -0.25) is 24.2 Å². The number of rotatable bonds is 16. The highest BCUT2D eigenvalue weighted by Crippen LogP contribution is 2.25. The molecule has 0 spiro atoms. The number of nitrogens with one attached hydrogen (secondary N) is 5. The minimum absolute atomic E-state index is 0.0690. The van der Waals surface area contributed by atoms with E-state index in [0.29, 0.717) is 36.9 Å². The van der Waals surface area contributed by atoms with Gasteiger partial charge in [0.15, 0.2) is 0 Å². The number of aryl methyl sites for hydroxylation is 1. The largest absolute Gasteiger partial charge is 0.508 e. The van der Waals surface area contributed by atoms with Gasteiger partial charge in [0.2, 0.25) is 23.6 Å². The van der Waals surface area contributed by atoms with Crippen LogP contribution in [0.15, 0.2) is 73.2 Å². The topological polar surface area (TPSA) is 191 Å². The number of aromatic amines is 1. The summed E-state index contributed by atoms with van der Waals surface area (Å²) in [7, 11) is 0. The Hall–Kier alpha value is -5.49. The number of benzene rings is 2. The normalized spacial score (nSPS) is 13.2. The third kappa shape index (κ3) is 9.77. The number of pyridine rings is 1. The minimum atomic E-state index is -1.01. The molecule has 4 amide bonds. The molecule has 256 valence electrons. The summed E-state index contributed by atoms with van der Waals surface area (Å²) < 4.78 is 0.